The normalized spacial score (nSPS) is 17.4. The highest BCUT2D eigenvalue weighted by Crippen LogP contribution is 2.39. The number of nitrogens with two attached hydrogens (primary N) is 1. The van der Waals surface area contributed by atoms with Crippen LogP contribution < -0.4 is 10.6 Å². The van der Waals surface area contributed by atoms with Gasteiger partial charge in [-0.3, -0.25) is 4.79 Å². The largest absolute Gasteiger partial charge is 0.377 e. The molecule has 4 rings (SSSR count). The maximum atomic E-state index is 12.1. The number of benzene rings is 1. The predicted octanol–water partition coefficient (Wildman–Crippen LogP) is 2.11. The number of hydrogen-bond acceptors (Lipinski definition) is 7. The van der Waals surface area contributed by atoms with Crippen molar-refractivity contribution in [1.29, 1.82) is 0 Å². The zero-order chi connectivity index (χ0) is 19.7. The lowest BCUT2D eigenvalue weighted by atomic mass is 10.1. The second-order valence-corrected chi connectivity index (χ2v) is 7.94. The van der Waals surface area contributed by atoms with Crippen molar-refractivity contribution in [3.63, 3.8) is 0 Å². The molecule has 1 aromatic carbocycles. The van der Waals surface area contributed by atoms with Gasteiger partial charge in [0.15, 0.2) is 0 Å². The molecule has 1 saturated heterocycles. The van der Waals surface area contributed by atoms with Crippen LogP contribution in [0.2, 0.25) is 0 Å². The van der Waals surface area contributed by atoms with Gasteiger partial charge in [-0.15, -0.1) is 11.3 Å². The molecular formula is C20H23N5O2S. The molecule has 1 amide bonds. The van der Waals surface area contributed by atoms with Gasteiger partial charge in [0, 0.05) is 17.5 Å². The second kappa shape index (κ2) is 7.83. The Morgan fingerprint density at radius 3 is 2.82 bits per heavy atom. The Kier molecular flexibility index (Phi) is 5.25. The maximum absolute atomic E-state index is 12.1. The van der Waals surface area contributed by atoms with Crippen LogP contribution in [0.15, 0.2) is 35.7 Å². The van der Waals surface area contributed by atoms with Gasteiger partial charge >= 0.3 is 0 Å². The molecule has 1 aliphatic heterocycles. The van der Waals surface area contributed by atoms with E-state index in [4.69, 9.17) is 20.4 Å². The molecule has 8 heteroatoms. The zero-order valence-corrected chi connectivity index (χ0v) is 16.8. The molecule has 0 saturated carbocycles. The first kappa shape index (κ1) is 18.8. The van der Waals surface area contributed by atoms with Crippen molar-refractivity contribution in [2.24, 2.45) is 5.73 Å². The minimum Gasteiger partial charge on any atom is -0.377 e. The summed E-state index contributed by atoms with van der Waals surface area (Å²) in [6.45, 7) is 1.98. The van der Waals surface area contributed by atoms with E-state index in [2.05, 4.69) is 17.5 Å². The van der Waals surface area contributed by atoms with Crippen LogP contribution in [0.5, 0.6) is 0 Å². The van der Waals surface area contributed by atoms with Crippen LogP contribution in [0, 0.1) is 0 Å². The Morgan fingerprint density at radius 2 is 2.11 bits per heavy atom. The number of amides is 1. The number of hydrogen-bond donors (Lipinski definition) is 1. The Labute approximate surface area is 167 Å². The van der Waals surface area contributed by atoms with E-state index in [1.54, 1.807) is 11.3 Å². The fourth-order valence-corrected chi connectivity index (χ4v) is 4.41. The molecule has 2 N–H and O–H groups in total. The first-order valence-electron chi connectivity index (χ1n) is 9.16. The van der Waals surface area contributed by atoms with Crippen LogP contribution in [0.3, 0.4) is 0 Å². The minimum atomic E-state index is -0.539. The molecule has 3 heterocycles. The summed E-state index contributed by atoms with van der Waals surface area (Å²) < 4.78 is 5.51. The number of anilines is 1. The van der Waals surface area contributed by atoms with E-state index in [1.807, 2.05) is 42.1 Å². The third kappa shape index (κ3) is 3.58. The Balaban J connectivity index is 1.92. The topological polar surface area (TPSA) is 84.6 Å². The lowest BCUT2D eigenvalue weighted by Gasteiger charge is -2.35. The molecule has 1 fully saturated rings. The van der Waals surface area contributed by atoms with E-state index >= 15 is 0 Å². The third-order valence-corrected chi connectivity index (χ3v) is 5.60. The third-order valence-electron chi connectivity index (χ3n) is 4.73. The van der Waals surface area contributed by atoms with Crippen molar-refractivity contribution < 1.29 is 9.53 Å². The summed E-state index contributed by atoms with van der Waals surface area (Å²) in [5, 5.41) is 3.07. The zero-order valence-electron chi connectivity index (χ0n) is 16.0. The Morgan fingerprint density at radius 1 is 1.32 bits per heavy atom. The molecule has 2 aromatic heterocycles. The van der Waals surface area contributed by atoms with Gasteiger partial charge in [-0.2, -0.15) is 0 Å². The average molecular weight is 398 g/mol. The molecule has 1 unspecified atom stereocenters. The summed E-state index contributed by atoms with van der Waals surface area (Å²) in [6, 6.07) is 9.63. The van der Waals surface area contributed by atoms with Crippen LogP contribution >= 0.6 is 11.3 Å². The SMILES string of the molecule is CN(C)Cc1nc(N2CCOCC2C(N)=O)c2c(-c3ccccc3)csc2n1. The molecule has 0 spiro atoms. The van der Waals surface area contributed by atoms with Crippen molar-refractivity contribution >= 4 is 33.3 Å². The van der Waals surface area contributed by atoms with Gasteiger partial charge < -0.3 is 20.3 Å². The fraction of sp³-hybridized carbons (Fsp3) is 0.350. The van der Waals surface area contributed by atoms with Gasteiger partial charge in [-0.1, -0.05) is 30.3 Å². The number of fused-ring (bicyclic) bond motifs is 1. The first-order chi connectivity index (χ1) is 13.5. The monoisotopic (exact) mass is 397 g/mol. The van der Waals surface area contributed by atoms with Crippen LogP contribution in [0.25, 0.3) is 21.3 Å². The first-order valence-corrected chi connectivity index (χ1v) is 10.0. The number of ether oxygens (including phenoxy) is 1. The Bertz CT molecular complexity index is 989. The number of nitrogens with zero attached hydrogens (tertiary/aromatic N) is 4. The van der Waals surface area contributed by atoms with Gasteiger partial charge in [-0.05, 0) is 19.7 Å². The lowest BCUT2D eigenvalue weighted by molar-refractivity contribution is -0.121. The molecule has 28 heavy (non-hydrogen) atoms. The molecule has 0 aliphatic carbocycles. The summed E-state index contributed by atoms with van der Waals surface area (Å²) in [7, 11) is 3.97. The predicted molar refractivity (Wildman–Crippen MR) is 111 cm³/mol. The second-order valence-electron chi connectivity index (χ2n) is 7.08. The van der Waals surface area contributed by atoms with Crippen LogP contribution in [-0.4, -0.2) is 60.7 Å². The highest BCUT2D eigenvalue weighted by molar-refractivity contribution is 7.17. The van der Waals surface area contributed by atoms with Crippen LogP contribution in [0.4, 0.5) is 5.82 Å². The summed E-state index contributed by atoms with van der Waals surface area (Å²) in [5.41, 5.74) is 7.84. The van der Waals surface area contributed by atoms with Gasteiger partial charge in [-0.25, -0.2) is 9.97 Å². The quantitative estimate of drug-likeness (QED) is 0.710. The van der Waals surface area contributed by atoms with E-state index in [0.29, 0.717) is 19.7 Å². The van der Waals surface area contributed by atoms with Gasteiger partial charge in [0.05, 0.1) is 25.1 Å². The fourth-order valence-electron chi connectivity index (χ4n) is 3.45. The number of morpholine rings is 1. The molecule has 146 valence electrons. The van der Waals surface area contributed by atoms with E-state index in [1.165, 1.54) is 0 Å². The van der Waals surface area contributed by atoms with Crippen LogP contribution in [0.1, 0.15) is 5.82 Å². The van der Waals surface area contributed by atoms with Crippen molar-refractivity contribution in [3.05, 3.63) is 41.5 Å². The molecule has 1 aliphatic rings. The lowest BCUT2D eigenvalue weighted by Crippen LogP contribution is -2.53. The molecule has 3 aromatic rings. The highest BCUT2D eigenvalue weighted by Gasteiger charge is 2.31. The van der Waals surface area contributed by atoms with Gasteiger partial charge in [0.1, 0.15) is 22.5 Å². The number of aromatic nitrogens is 2. The minimum absolute atomic E-state index is 0.272. The van der Waals surface area contributed by atoms with Crippen molar-refractivity contribution in [2.45, 2.75) is 12.6 Å². The smallest absolute Gasteiger partial charge is 0.242 e. The number of primary amides is 1. The maximum Gasteiger partial charge on any atom is 0.242 e. The van der Waals surface area contributed by atoms with Gasteiger partial charge in [0.2, 0.25) is 5.91 Å². The molecular weight excluding hydrogens is 374 g/mol. The summed E-state index contributed by atoms with van der Waals surface area (Å²) in [4.78, 5) is 26.7. The molecule has 0 radical (unpaired) electrons. The summed E-state index contributed by atoms with van der Waals surface area (Å²) in [6.07, 6.45) is 0. The van der Waals surface area contributed by atoms with E-state index in [0.717, 1.165) is 33.0 Å². The van der Waals surface area contributed by atoms with Crippen molar-refractivity contribution in [3.8, 4) is 11.1 Å². The number of carbonyl (C=O) groups excluding carboxylic acids is 1. The number of rotatable bonds is 5. The summed E-state index contributed by atoms with van der Waals surface area (Å²) in [5.74, 6) is 1.08. The summed E-state index contributed by atoms with van der Waals surface area (Å²) >= 11 is 1.59. The molecule has 1 atom stereocenters. The van der Waals surface area contributed by atoms with Crippen molar-refractivity contribution in [2.75, 3.05) is 38.8 Å². The highest BCUT2D eigenvalue weighted by atomic mass is 32.1. The molecule has 0 bridgehead atoms. The average Bonchev–Trinajstić information content (AvgIpc) is 3.11. The standard InChI is InChI=1S/C20H23N5O2S/c1-24(2)10-16-22-19(25-8-9-27-11-15(25)18(21)26)17-14(12-28-20(17)23-16)13-6-4-3-5-7-13/h3-7,12,15H,8-11H2,1-2H3,(H2,21,26). The Hall–Kier alpha value is -2.55. The van der Waals surface area contributed by atoms with Gasteiger partial charge in [0.25, 0.3) is 0 Å². The molecule has 7 nitrogen and oxygen atoms in total. The number of thiophene rings is 1. The van der Waals surface area contributed by atoms with E-state index in [-0.39, 0.29) is 6.61 Å². The number of carbonyl (C=O) groups is 1. The van der Waals surface area contributed by atoms with Crippen molar-refractivity contribution in [1.82, 2.24) is 14.9 Å². The van der Waals surface area contributed by atoms with E-state index in [9.17, 15) is 4.79 Å². The van der Waals surface area contributed by atoms with E-state index < -0.39 is 11.9 Å². The van der Waals surface area contributed by atoms with Crippen LogP contribution in [-0.2, 0) is 16.1 Å².